The average molecular weight is 382 g/mol. The summed E-state index contributed by atoms with van der Waals surface area (Å²) in [5, 5.41) is 4.18. The normalized spacial score (nSPS) is 24.6. The molecule has 0 saturated carbocycles. The summed E-state index contributed by atoms with van der Waals surface area (Å²) in [6, 6.07) is 11.8. The first-order chi connectivity index (χ1) is 13.6. The molecular formula is C20H26N6O2. The van der Waals surface area contributed by atoms with Crippen LogP contribution in [-0.4, -0.2) is 63.6 Å². The van der Waals surface area contributed by atoms with Gasteiger partial charge in [-0.05, 0) is 18.6 Å². The molecule has 0 radical (unpaired) electrons. The molecule has 0 bridgehead atoms. The summed E-state index contributed by atoms with van der Waals surface area (Å²) in [4.78, 5) is 29.0. The fourth-order valence-corrected chi connectivity index (χ4v) is 4.08. The molecule has 0 aliphatic carbocycles. The zero-order valence-electron chi connectivity index (χ0n) is 16.0. The Balaban J connectivity index is 1.41. The van der Waals surface area contributed by atoms with E-state index in [0.717, 1.165) is 18.7 Å². The van der Waals surface area contributed by atoms with Crippen molar-refractivity contribution in [3.8, 4) is 0 Å². The van der Waals surface area contributed by atoms with E-state index in [1.54, 1.807) is 10.9 Å². The molecule has 3 heterocycles. The predicted octanol–water partition coefficient (Wildman–Crippen LogP) is 0.723. The summed E-state index contributed by atoms with van der Waals surface area (Å²) in [6.07, 6.45) is 3.95. The zero-order chi connectivity index (χ0) is 19.5. The average Bonchev–Trinajstić information content (AvgIpc) is 3.28. The van der Waals surface area contributed by atoms with E-state index in [4.69, 9.17) is 0 Å². The van der Waals surface area contributed by atoms with Crippen LogP contribution in [0.3, 0.4) is 0 Å². The SMILES string of the molecule is CC(C(=O)N1CCN(C2CC(=O)NNC2c2ccccc2)CC1)n1cccn1. The number of carbonyl (C=O) groups excluding carboxylic acids is 2. The number of hydrogen-bond donors (Lipinski definition) is 2. The topological polar surface area (TPSA) is 82.5 Å². The maximum atomic E-state index is 12.8. The Morgan fingerprint density at radius 3 is 2.57 bits per heavy atom. The van der Waals surface area contributed by atoms with Crippen molar-refractivity contribution in [2.24, 2.45) is 0 Å². The van der Waals surface area contributed by atoms with Crippen LogP contribution >= 0.6 is 0 Å². The summed E-state index contributed by atoms with van der Waals surface area (Å²) >= 11 is 0. The van der Waals surface area contributed by atoms with Crippen molar-refractivity contribution in [1.29, 1.82) is 0 Å². The molecule has 4 rings (SSSR count). The minimum absolute atomic E-state index is 0.00277. The molecule has 8 nitrogen and oxygen atoms in total. The third-order valence-corrected chi connectivity index (χ3v) is 5.68. The van der Waals surface area contributed by atoms with Crippen molar-refractivity contribution in [1.82, 2.24) is 30.4 Å². The van der Waals surface area contributed by atoms with Crippen LogP contribution in [0.5, 0.6) is 0 Å². The largest absolute Gasteiger partial charge is 0.338 e. The minimum atomic E-state index is -0.305. The first-order valence-corrected chi connectivity index (χ1v) is 9.75. The molecule has 2 aromatic rings. The molecule has 2 aliphatic rings. The van der Waals surface area contributed by atoms with Gasteiger partial charge < -0.3 is 4.90 Å². The second kappa shape index (κ2) is 8.12. The number of nitrogens with zero attached hydrogens (tertiary/aromatic N) is 4. The van der Waals surface area contributed by atoms with Gasteiger partial charge in [-0.3, -0.25) is 24.6 Å². The smallest absolute Gasteiger partial charge is 0.247 e. The quantitative estimate of drug-likeness (QED) is 0.814. The zero-order valence-corrected chi connectivity index (χ0v) is 16.0. The van der Waals surface area contributed by atoms with Crippen LogP contribution in [0.25, 0.3) is 0 Å². The summed E-state index contributed by atoms with van der Waals surface area (Å²) < 4.78 is 1.69. The Hall–Kier alpha value is -2.71. The van der Waals surface area contributed by atoms with Crippen LogP contribution in [0, 0.1) is 0 Å². The minimum Gasteiger partial charge on any atom is -0.338 e. The fraction of sp³-hybridized carbons (Fsp3) is 0.450. The maximum Gasteiger partial charge on any atom is 0.247 e. The van der Waals surface area contributed by atoms with Crippen molar-refractivity contribution in [2.75, 3.05) is 26.2 Å². The summed E-state index contributed by atoms with van der Waals surface area (Å²) in [5.74, 6) is 0.0884. The highest BCUT2D eigenvalue weighted by Crippen LogP contribution is 2.26. The van der Waals surface area contributed by atoms with Crippen molar-refractivity contribution in [3.63, 3.8) is 0 Å². The number of benzene rings is 1. The van der Waals surface area contributed by atoms with Gasteiger partial charge in [-0.2, -0.15) is 5.10 Å². The lowest BCUT2D eigenvalue weighted by molar-refractivity contribution is -0.138. The molecule has 2 aliphatic heterocycles. The van der Waals surface area contributed by atoms with Gasteiger partial charge in [0.05, 0.1) is 6.04 Å². The Labute approximate surface area is 164 Å². The van der Waals surface area contributed by atoms with Gasteiger partial charge in [-0.15, -0.1) is 0 Å². The number of hydrazine groups is 1. The van der Waals surface area contributed by atoms with Crippen molar-refractivity contribution >= 4 is 11.8 Å². The van der Waals surface area contributed by atoms with E-state index in [1.165, 1.54) is 0 Å². The van der Waals surface area contributed by atoms with Crippen LogP contribution < -0.4 is 10.9 Å². The molecule has 0 spiro atoms. The molecule has 2 amide bonds. The number of aromatic nitrogens is 2. The van der Waals surface area contributed by atoms with Gasteiger partial charge in [-0.1, -0.05) is 30.3 Å². The Bertz CT molecular complexity index is 801. The van der Waals surface area contributed by atoms with Crippen LogP contribution in [0.2, 0.25) is 0 Å². The van der Waals surface area contributed by atoms with Crippen molar-refractivity contribution in [3.05, 3.63) is 54.4 Å². The van der Waals surface area contributed by atoms with Crippen LogP contribution in [-0.2, 0) is 9.59 Å². The molecule has 2 saturated heterocycles. The van der Waals surface area contributed by atoms with E-state index in [2.05, 4.69) is 33.0 Å². The highest BCUT2D eigenvalue weighted by atomic mass is 16.2. The van der Waals surface area contributed by atoms with Crippen LogP contribution in [0.15, 0.2) is 48.8 Å². The molecule has 8 heteroatoms. The number of carbonyl (C=O) groups is 2. The summed E-state index contributed by atoms with van der Waals surface area (Å²) in [7, 11) is 0. The van der Waals surface area contributed by atoms with Crippen molar-refractivity contribution in [2.45, 2.75) is 31.5 Å². The highest BCUT2D eigenvalue weighted by Gasteiger charge is 2.37. The second-order valence-corrected chi connectivity index (χ2v) is 7.38. The standard InChI is InChI=1S/C20H26N6O2/c1-15(26-9-5-8-21-26)20(28)25-12-10-24(11-13-25)17-14-18(27)22-23-19(17)16-6-3-2-4-7-16/h2-9,15,17,19,23H,10-14H2,1H3,(H,22,27). The van der Waals surface area contributed by atoms with Gasteiger partial charge in [0.15, 0.2) is 0 Å². The lowest BCUT2D eigenvalue weighted by Crippen LogP contribution is -2.61. The third-order valence-electron chi connectivity index (χ3n) is 5.68. The van der Waals surface area contributed by atoms with Gasteiger partial charge in [0.25, 0.3) is 0 Å². The molecule has 2 N–H and O–H groups in total. The monoisotopic (exact) mass is 382 g/mol. The molecule has 1 aromatic heterocycles. The van der Waals surface area contributed by atoms with E-state index in [0.29, 0.717) is 19.5 Å². The number of amides is 2. The van der Waals surface area contributed by atoms with Gasteiger partial charge in [0.1, 0.15) is 6.04 Å². The van der Waals surface area contributed by atoms with Gasteiger partial charge in [-0.25, -0.2) is 5.43 Å². The molecule has 3 atom stereocenters. The van der Waals surface area contributed by atoms with E-state index in [-0.39, 0.29) is 29.9 Å². The molecule has 1 aromatic carbocycles. The number of rotatable bonds is 4. The van der Waals surface area contributed by atoms with Crippen LogP contribution in [0.4, 0.5) is 0 Å². The van der Waals surface area contributed by atoms with Gasteiger partial charge in [0, 0.05) is 51.0 Å². The maximum absolute atomic E-state index is 12.8. The van der Waals surface area contributed by atoms with Crippen molar-refractivity contribution < 1.29 is 9.59 Å². The highest BCUT2D eigenvalue weighted by molar-refractivity contribution is 5.80. The van der Waals surface area contributed by atoms with E-state index in [9.17, 15) is 9.59 Å². The number of hydrogen-bond acceptors (Lipinski definition) is 5. The Morgan fingerprint density at radius 2 is 1.89 bits per heavy atom. The van der Waals surface area contributed by atoms with Crippen LogP contribution in [0.1, 0.15) is 31.0 Å². The Morgan fingerprint density at radius 1 is 1.14 bits per heavy atom. The van der Waals surface area contributed by atoms with E-state index < -0.39 is 0 Å². The van der Waals surface area contributed by atoms with E-state index >= 15 is 0 Å². The molecule has 2 fully saturated rings. The summed E-state index contributed by atoms with van der Waals surface area (Å²) in [5.41, 5.74) is 7.09. The second-order valence-electron chi connectivity index (χ2n) is 7.38. The van der Waals surface area contributed by atoms with E-state index in [1.807, 2.05) is 42.3 Å². The Kier molecular flexibility index (Phi) is 5.40. The molecular weight excluding hydrogens is 356 g/mol. The van der Waals surface area contributed by atoms with Gasteiger partial charge >= 0.3 is 0 Å². The molecule has 3 unspecified atom stereocenters. The first kappa shape index (κ1) is 18.6. The fourth-order valence-electron chi connectivity index (χ4n) is 4.08. The number of piperazine rings is 1. The number of nitrogens with one attached hydrogen (secondary N) is 2. The first-order valence-electron chi connectivity index (χ1n) is 9.75. The lowest BCUT2D eigenvalue weighted by Gasteiger charge is -2.44. The predicted molar refractivity (Wildman–Crippen MR) is 104 cm³/mol. The summed E-state index contributed by atoms with van der Waals surface area (Å²) in [6.45, 7) is 4.69. The molecule has 148 valence electrons. The lowest BCUT2D eigenvalue weighted by atomic mass is 9.93. The third kappa shape index (κ3) is 3.79. The van der Waals surface area contributed by atoms with Gasteiger partial charge in [0.2, 0.25) is 11.8 Å². The molecule has 28 heavy (non-hydrogen) atoms.